The minimum Gasteiger partial charge on any atom is -0.325 e. The van der Waals surface area contributed by atoms with Crippen LogP contribution < -0.4 is 5.73 Å². The maximum absolute atomic E-state index is 6.28. The molecule has 2 nitrogen and oxygen atoms in total. The van der Waals surface area contributed by atoms with Crippen LogP contribution in [0.1, 0.15) is 46.0 Å². The Balaban J connectivity index is 2.24. The number of nitrogens with two attached hydrogens (primary N) is 1. The molecule has 1 aliphatic carbocycles. The Kier molecular flexibility index (Phi) is 3.74. The minimum atomic E-state index is 0.170. The second kappa shape index (κ2) is 4.43. The molecule has 0 saturated heterocycles. The molecule has 0 aromatic carbocycles. The van der Waals surface area contributed by atoms with Crippen molar-refractivity contribution in [1.82, 2.24) is 4.90 Å². The van der Waals surface area contributed by atoms with E-state index < -0.39 is 0 Å². The summed E-state index contributed by atoms with van der Waals surface area (Å²) in [5.41, 5.74) is 6.45. The summed E-state index contributed by atoms with van der Waals surface area (Å²) in [6.07, 6.45) is 6.31. The van der Waals surface area contributed by atoms with E-state index in [0.717, 1.165) is 6.54 Å². The summed E-state index contributed by atoms with van der Waals surface area (Å²) in [6, 6.07) is 0.644. The number of rotatable bonds is 4. The van der Waals surface area contributed by atoms with Crippen LogP contribution in [0.15, 0.2) is 0 Å². The molecule has 0 radical (unpaired) electrons. The summed E-state index contributed by atoms with van der Waals surface area (Å²) in [5.74, 6) is 0. The van der Waals surface area contributed by atoms with Gasteiger partial charge in [0.1, 0.15) is 0 Å². The summed E-state index contributed by atoms with van der Waals surface area (Å²) >= 11 is 0. The quantitative estimate of drug-likeness (QED) is 0.724. The first-order valence-electron chi connectivity index (χ1n) is 5.53. The lowest BCUT2D eigenvalue weighted by Gasteiger charge is -2.28. The van der Waals surface area contributed by atoms with E-state index in [2.05, 4.69) is 25.8 Å². The summed E-state index contributed by atoms with van der Waals surface area (Å²) < 4.78 is 0. The highest BCUT2D eigenvalue weighted by Gasteiger charge is 2.29. The number of hydrogen-bond donors (Lipinski definition) is 1. The van der Waals surface area contributed by atoms with Gasteiger partial charge in [-0.3, -0.25) is 0 Å². The van der Waals surface area contributed by atoms with Crippen molar-refractivity contribution in [1.29, 1.82) is 0 Å². The highest BCUT2D eigenvalue weighted by atomic mass is 15.1. The molecule has 1 aliphatic rings. The van der Waals surface area contributed by atoms with Crippen molar-refractivity contribution < 1.29 is 0 Å². The molecule has 2 N–H and O–H groups in total. The van der Waals surface area contributed by atoms with Crippen LogP contribution in [-0.4, -0.2) is 30.1 Å². The monoisotopic (exact) mass is 184 g/mol. The van der Waals surface area contributed by atoms with Gasteiger partial charge < -0.3 is 10.6 Å². The molecule has 0 aromatic heterocycles. The zero-order valence-corrected chi connectivity index (χ0v) is 9.34. The van der Waals surface area contributed by atoms with Crippen LogP contribution in [0.5, 0.6) is 0 Å². The van der Waals surface area contributed by atoms with Gasteiger partial charge in [-0.15, -0.1) is 0 Å². The first kappa shape index (κ1) is 11.0. The third kappa shape index (κ3) is 3.28. The van der Waals surface area contributed by atoms with Crippen molar-refractivity contribution in [2.45, 2.75) is 57.5 Å². The molecule has 2 heteroatoms. The summed E-state index contributed by atoms with van der Waals surface area (Å²) in [7, 11) is 2.18. The number of nitrogens with zero attached hydrogens (tertiary/aromatic N) is 1. The third-order valence-electron chi connectivity index (χ3n) is 3.44. The highest BCUT2D eigenvalue weighted by Crippen LogP contribution is 2.30. The second-order valence-electron chi connectivity index (χ2n) is 4.89. The van der Waals surface area contributed by atoms with Crippen LogP contribution >= 0.6 is 0 Å². The van der Waals surface area contributed by atoms with E-state index in [9.17, 15) is 0 Å². The molecule has 0 amide bonds. The maximum atomic E-state index is 6.28. The van der Waals surface area contributed by atoms with Gasteiger partial charge in [-0.1, -0.05) is 12.8 Å². The second-order valence-corrected chi connectivity index (χ2v) is 4.89. The van der Waals surface area contributed by atoms with Gasteiger partial charge in [0.25, 0.3) is 0 Å². The average molecular weight is 184 g/mol. The summed E-state index contributed by atoms with van der Waals surface area (Å²) in [6.45, 7) is 5.61. The topological polar surface area (TPSA) is 29.3 Å². The molecule has 0 bridgehead atoms. The van der Waals surface area contributed by atoms with Gasteiger partial charge in [0, 0.05) is 11.6 Å². The molecular weight excluding hydrogens is 160 g/mol. The van der Waals surface area contributed by atoms with Crippen molar-refractivity contribution >= 4 is 0 Å². The first-order valence-corrected chi connectivity index (χ1v) is 5.53. The third-order valence-corrected chi connectivity index (χ3v) is 3.44. The Labute approximate surface area is 82.5 Å². The standard InChI is InChI=1S/C11H24N2/c1-10(2)13(3)9-8-11(12)6-4-5-7-11/h10H,4-9,12H2,1-3H3. The number of hydrogen-bond acceptors (Lipinski definition) is 2. The molecule has 0 aliphatic heterocycles. The molecule has 1 saturated carbocycles. The first-order chi connectivity index (χ1) is 6.03. The zero-order valence-electron chi connectivity index (χ0n) is 9.34. The molecule has 0 aromatic rings. The molecule has 0 unspecified atom stereocenters. The van der Waals surface area contributed by atoms with Crippen LogP contribution in [0.25, 0.3) is 0 Å². The zero-order chi connectivity index (χ0) is 9.90. The Morgan fingerprint density at radius 1 is 1.31 bits per heavy atom. The maximum Gasteiger partial charge on any atom is 0.0166 e. The van der Waals surface area contributed by atoms with Gasteiger partial charge >= 0.3 is 0 Å². The molecule has 78 valence electrons. The Bertz CT molecular complexity index is 148. The normalized spacial score (nSPS) is 21.7. The summed E-state index contributed by atoms with van der Waals surface area (Å²) in [4.78, 5) is 2.38. The van der Waals surface area contributed by atoms with E-state index in [-0.39, 0.29) is 5.54 Å². The molecule has 1 rings (SSSR count). The lowest BCUT2D eigenvalue weighted by atomic mass is 9.94. The molecular formula is C11H24N2. The van der Waals surface area contributed by atoms with Gasteiger partial charge in [-0.2, -0.15) is 0 Å². The fourth-order valence-corrected chi connectivity index (χ4v) is 1.99. The summed E-state index contributed by atoms with van der Waals surface area (Å²) in [5, 5.41) is 0. The van der Waals surface area contributed by atoms with E-state index in [1.54, 1.807) is 0 Å². The van der Waals surface area contributed by atoms with E-state index in [1.807, 2.05) is 0 Å². The molecule has 1 fully saturated rings. The smallest absolute Gasteiger partial charge is 0.0166 e. The van der Waals surface area contributed by atoms with Crippen LogP contribution in [0.3, 0.4) is 0 Å². The van der Waals surface area contributed by atoms with Gasteiger partial charge in [-0.25, -0.2) is 0 Å². The van der Waals surface area contributed by atoms with E-state index in [0.29, 0.717) is 6.04 Å². The minimum absolute atomic E-state index is 0.170. The van der Waals surface area contributed by atoms with Crippen LogP contribution in [0.4, 0.5) is 0 Å². The van der Waals surface area contributed by atoms with Crippen LogP contribution in [-0.2, 0) is 0 Å². The van der Waals surface area contributed by atoms with Crippen LogP contribution in [0, 0.1) is 0 Å². The Morgan fingerprint density at radius 3 is 2.31 bits per heavy atom. The fourth-order valence-electron chi connectivity index (χ4n) is 1.99. The average Bonchev–Trinajstić information content (AvgIpc) is 2.48. The molecule has 0 spiro atoms. The van der Waals surface area contributed by atoms with Gasteiger partial charge in [-0.05, 0) is 46.7 Å². The van der Waals surface area contributed by atoms with Crippen molar-refractivity contribution in [3.63, 3.8) is 0 Å². The predicted molar refractivity (Wildman–Crippen MR) is 57.8 cm³/mol. The highest BCUT2D eigenvalue weighted by molar-refractivity contribution is 4.89. The Morgan fingerprint density at radius 2 is 1.85 bits per heavy atom. The predicted octanol–water partition coefficient (Wildman–Crippen LogP) is 1.99. The SMILES string of the molecule is CC(C)N(C)CCC1(N)CCCC1. The van der Waals surface area contributed by atoms with E-state index in [4.69, 9.17) is 5.73 Å². The van der Waals surface area contributed by atoms with Gasteiger partial charge in [0.05, 0.1) is 0 Å². The Hall–Kier alpha value is -0.0800. The molecule has 0 atom stereocenters. The largest absolute Gasteiger partial charge is 0.325 e. The van der Waals surface area contributed by atoms with Gasteiger partial charge in [0.2, 0.25) is 0 Å². The lowest BCUT2D eigenvalue weighted by Crippen LogP contribution is -2.41. The lowest BCUT2D eigenvalue weighted by molar-refractivity contribution is 0.238. The van der Waals surface area contributed by atoms with E-state index in [1.165, 1.54) is 32.1 Å². The van der Waals surface area contributed by atoms with Crippen molar-refractivity contribution in [2.75, 3.05) is 13.6 Å². The fraction of sp³-hybridized carbons (Fsp3) is 1.00. The van der Waals surface area contributed by atoms with Crippen molar-refractivity contribution in [3.05, 3.63) is 0 Å². The molecule has 13 heavy (non-hydrogen) atoms. The van der Waals surface area contributed by atoms with Crippen molar-refractivity contribution in [3.8, 4) is 0 Å². The van der Waals surface area contributed by atoms with Crippen LogP contribution in [0.2, 0.25) is 0 Å². The van der Waals surface area contributed by atoms with Gasteiger partial charge in [0.15, 0.2) is 0 Å². The molecule has 0 heterocycles. The van der Waals surface area contributed by atoms with Crippen molar-refractivity contribution in [2.24, 2.45) is 5.73 Å². The van der Waals surface area contributed by atoms with E-state index >= 15 is 0 Å².